The van der Waals surface area contributed by atoms with Crippen LogP contribution in [0.5, 0.6) is 0 Å². The van der Waals surface area contributed by atoms with Crippen molar-refractivity contribution in [1.29, 1.82) is 0 Å². The van der Waals surface area contributed by atoms with Crippen LogP contribution in [0.2, 0.25) is 0 Å². The molecule has 1 saturated heterocycles. The first-order valence-corrected chi connectivity index (χ1v) is 6.78. The van der Waals surface area contributed by atoms with Crippen LogP contribution >= 0.6 is 0 Å². The molecule has 0 saturated carbocycles. The van der Waals surface area contributed by atoms with Gasteiger partial charge in [0, 0.05) is 32.0 Å². The lowest BCUT2D eigenvalue weighted by atomic mass is 10.1. The zero-order valence-corrected chi connectivity index (χ0v) is 11.6. The van der Waals surface area contributed by atoms with E-state index in [4.69, 9.17) is 4.98 Å². The summed E-state index contributed by atoms with van der Waals surface area (Å²) >= 11 is 0. The van der Waals surface area contributed by atoms with Crippen LogP contribution in [-0.4, -0.2) is 32.9 Å². The molecule has 2 heterocycles. The summed E-state index contributed by atoms with van der Waals surface area (Å²) in [5, 5.41) is 0. The summed E-state index contributed by atoms with van der Waals surface area (Å²) in [6.07, 6.45) is 0.579. The third-order valence-corrected chi connectivity index (χ3v) is 3.97. The van der Waals surface area contributed by atoms with Gasteiger partial charge in [-0.3, -0.25) is 4.79 Å². The van der Waals surface area contributed by atoms with E-state index in [1.165, 1.54) is 0 Å². The van der Waals surface area contributed by atoms with Gasteiger partial charge in [0.2, 0.25) is 5.91 Å². The second kappa shape index (κ2) is 4.37. The molecule has 1 aliphatic heterocycles. The Kier molecular flexibility index (Phi) is 2.81. The van der Waals surface area contributed by atoms with Gasteiger partial charge in [0.05, 0.1) is 11.0 Å². The van der Waals surface area contributed by atoms with Gasteiger partial charge in [-0.25, -0.2) is 4.98 Å². The lowest BCUT2D eigenvalue weighted by molar-refractivity contribution is -0.129. The minimum Gasteiger partial charge on any atom is -0.340 e. The largest absolute Gasteiger partial charge is 0.340 e. The Balaban J connectivity index is 1.98. The van der Waals surface area contributed by atoms with Gasteiger partial charge in [0.25, 0.3) is 0 Å². The van der Waals surface area contributed by atoms with Crippen LogP contribution in [0.15, 0.2) is 24.3 Å². The number of imidazole rings is 1. The second-order valence-electron chi connectivity index (χ2n) is 5.56. The number of likely N-dealkylation sites (tertiary alicyclic amines) is 1. The maximum Gasteiger partial charge on any atom is 0.223 e. The van der Waals surface area contributed by atoms with Crippen molar-refractivity contribution >= 4 is 16.9 Å². The van der Waals surface area contributed by atoms with Crippen LogP contribution in [-0.2, 0) is 11.8 Å². The summed E-state index contributed by atoms with van der Waals surface area (Å²) in [6.45, 7) is 4.91. The average molecular weight is 257 g/mol. The summed E-state index contributed by atoms with van der Waals surface area (Å²) in [5.74, 6) is 1.48. The van der Waals surface area contributed by atoms with Crippen molar-refractivity contribution in [3.8, 4) is 0 Å². The van der Waals surface area contributed by atoms with Crippen LogP contribution in [0.4, 0.5) is 0 Å². The molecule has 1 amide bonds. The monoisotopic (exact) mass is 257 g/mol. The summed E-state index contributed by atoms with van der Waals surface area (Å²) in [5.41, 5.74) is 2.14. The Morgan fingerprint density at radius 3 is 2.68 bits per heavy atom. The molecule has 1 aromatic heterocycles. The third-order valence-electron chi connectivity index (χ3n) is 3.97. The van der Waals surface area contributed by atoms with Gasteiger partial charge in [0.1, 0.15) is 5.82 Å². The highest BCUT2D eigenvalue weighted by atomic mass is 16.2. The number of nitrogens with zero attached hydrogens (tertiary/aromatic N) is 3. The standard InChI is InChI=1S/C15H19N3O/c1-10(2)18-9-11(8-14(18)19)15-16-12-6-4-5-7-13(12)17(15)3/h4-7,10-11H,8-9H2,1-3H3/t11-/m1/s1. The van der Waals surface area contributed by atoms with Crippen molar-refractivity contribution in [2.24, 2.45) is 7.05 Å². The first-order valence-electron chi connectivity index (χ1n) is 6.78. The molecule has 4 heteroatoms. The van der Waals surface area contributed by atoms with Gasteiger partial charge >= 0.3 is 0 Å². The van der Waals surface area contributed by atoms with Gasteiger partial charge in [-0.05, 0) is 26.0 Å². The fourth-order valence-corrected chi connectivity index (χ4v) is 2.93. The first kappa shape index (κ1) is 12.2. The Labute approximate surface area is 113 Å². The molecule has 4 nitrogen and oxygen atoms in total. The number of para-hydroxylation sites is 2. The van der Waals surface area contributed by atoms with Crippen LogP contribution in [0.1, 0.15) is 32.0 Å². The van der Waals surface area contributed by atoms with Crippen molar-refractivity contribution in [2.75, 3.05) is 6.54 Å². The van der Waals surface area contributed by atoms with Gasteiger partial charge in [0.15, 0.2) is 0 Å². The second-order valence-corrected chi connectivity index (χ2v) is 5.56. The third kappa shape index (κ3) is 1.91. The van der Waals surface area contributed by atoms with E-state index in [1.54, 1.807) is 0 Å². The van der Waals surface area contributed by atoms with E-state index in [-0.39, 0.29) is 17.9 Å². The number of amides is 1. The summed E-state index contributed by atoms with van der Waals surface area (Å²) in [7, 11) is 2.03. The van der Waals surface area contributed by atoms with Crippen LogP contribution < -0.4 is 0 Å². The predicted octanol–water partition coefficient (Wildman–Crippen LogP) is 2.30. The van der Waals surface area contributed by atoms with Crippen LogP contribution in [0, 0.1) is 0 Å². The summed E-state index contributed by atoms with van der Waals surface area (Å²) in [6, 6.07) is 8.39. The molecular formula is C15H19N3O. The molecule has 0 aliphatic carbocycles. The molecule has 1 atom stereocenters. The highest BCUT2D eigenvalue weighted by Gasteiger charge is 2.34. The SMILES string of the molecule is CC(C)N1C[C@H](c2nc3ccccc3n2C)CC1=O. The maximum absolute atomic E-state index is 12.0. The minimum atomic E-state index is 0.215. The van der Waals surface area contributed by atoms with E-state index in [0.717, 1.165) is 23.4 Å². The van der Waals surface area contributed by atoms with E-state index in [0.29, 0.717) is 6.42 Å². The Hall–Kier alpha value is -1.84. The number of rotatable bonds is 2. The number of fused-ring (bicyclic) bond motifs is 1. The summed E-state index contributed by atoms with van der Waals surface area (Å²) < 4.78 is 2.12. The molecule has 0 bridgehead atoms. The zero-order valence-electron chi connectivity index (χ0n) is 11.6. The van der Waals surface area contributed by atoms with E-state index in [2.05, 4.69) is 24.5 Å². The lowest BCUT2D eigenvalue weighted by Gasteiger charge is -2.20. The molecule has 0 spiro atoms. The molecule has 0 N–H and O–H groups in total. The van der Waals surface area contributed by atoms with Crippen molar-refractivity contribution in [3.05, 3.63) is 30.1 Å². The van der Waals surface area contributed by atoms with Crippen LogP contribution in [0.25, 0.3) is 11.0 Å². The van der Waals surface area contributed by atoms with Gasteiger partial charge in [-0.15, -0.1) is 0 Å². The van der Waals surface area contributed by atoms with Crippen molar-refractivity contribution in [2.45, 2.75) is 32.2 Å². The normalized spacial score (nSPS) is 19.9. The molecule has 0 radical (unpaired) electrons. The molecule has 19 heavy (non-hydrogen) atoms. The molecular weight excluding hydrogens is 238 g/mol. The number of hydrogen-bond donors (Lipinski definition) is 0. The highest BCUT2D eigenvalue weighted by Crippen LogP contribution is 2.30. The highest BCUT2D eigenvalue weighted by molar-refractivity contribution is 5.81. The minimum absolute atomic E-state index is 0.215. The molecule has 1 aliphatic rings. The van der Waals surface area contributed by atoms with Gasteiger partial charge in [-0.1, -0.05) is 12.1 Å². The number of aromatic nitrogens is 2. The molecule has 1 aromatic carbocycles. The summed E-state index contributed by atoms with van der Waals surface area (Å²) in [4.78, 5) is 18.7. The number of carbonyl (C=O) groups excluding carboxylic acids is 1. The first-order chi connectivity index (χ1) is 9.08. The quantitative estimate of drug-likeness (QED) is 0.828. The topological polar surface area (TPSA) is 38.1 Å². The number of aryl methyl sites for hydroxylation is 1. The fraction of sp³-hybridized carbons (Fsp3) is 0.467. The lowest BCUT2D eigenvalue weighted by Crippen LogP contribution is -2.32. The molecule has 2 aromatic rings. The molecule has 100 valence electrons. The van der Waals surface area contributed by atoms with E-state index in [1.807, 2.05) is 30.1 Å². The Bertz CT molecular complexity index is 629. The molecule has 1 fully saturated rings. The van der Waals surface area contributed by atoms with Crippen molar-refractivity contribution in [1.82, 2.24) is 14.5 Å². The van der Waals surface area contributed by atoms with Gasteiger partial charge < -0.3 is 9.47 Å². The molecule has 3 rings (SSSR count). The Morgan fingerprint density at radius 1 is 1.32 bits per heavy atom. The predicted molar refractivity (Wildman–Crippen MR) is 74.9 cm³/mol. The zero-order chi connectivity index (χ0) is 13.6. The van der Waals surface area contributed by atoms with Crippen molar-refractivity contribution in [3.63, 3.8) is 0 Å². The maximum atomic E-state index is 12.0. The van der Waals surface area contributed by atoms with E-state index >= 15 is 0 Å². The van der Waals surface area contributed by atoms with Crippen molar-refractivity contribution < 1.29 is 4.79 Å². The number of carbonyl (C=O) groups is 1. The Morgan fingerprint density at radius 2 is 2.05 bits per heavy atom. The fourth-order valence-electron chi connectivity index (χ4n) is 2.93. The van der Waals surface area contributed by atoms with Gasteiger partial charge in [-0.2, -0.15) is 0 Å². The van der Waals surface area contributed by atoms with E-state index < -0.39 is 0 Å². The number of benzene rings is 1. The average Bonchev–Trinajstić information content (AvgIpc) is 2.91. The number of hydrogen-bond acceptors (Lipinski definition) is 2. The molecule has 0 unspecified atom stereocenters. The van der Waals surface area contributed by atoms with E-state index in [9.17, 15) is 4.79 Å². The smallest absolute Gasteiger partial charge is 0.223 e. The van der Waals surface area contributed by atoms with Crippen LogP contribution in [0.3, 0.4) is 0 Å².